The third-order valence-corrected chi connectivity index (χ3v) is 3.54. The van der Waals surface area contributed by atoms with Crippen LogP contribution in [0.25, 0.3) is 0 Å². The molecule has 2 rings (SSSR count). The molecule has 1 aromatic heterocycles. The fraction of sp³-hybridized carbons (Fsp3) is 0.636. The van der Waals surface area contributed by atoms with Gasteiger partial charge in [0.1, 0.15) is 5.78 Å². The molecule has 2 heterocycles. The highest BCUT2D eigenvalue weighted by atomic mass is 35.5. The zero-order chi connectivity index (χ0) is 11.7. The van der Waals surface area contributed by atoms with E-state index in [9.17, 15) is 4.79 Å². The molecule has 0 N–H and O–H groups in total. The Morgan fingerprint density at radius 2 is 2.00 bits per heavy atom. The molecule has 0 bridgehead atoms. The average Bonchev–Trinajstić information content (AvgIpc) is 2.48. The zero-order valence-corrected chi connectivity index (χ0v) is 10.4. The Balaban J connectivity index is 2.06. The van der Waals surface area contributed by atoms with Gasteiger partial charge in [-0.15, -0.1) is 0 Å². The number of hydrogen-bond donors (Lipinski definition) is 0. The molecule has 0 aromatic carbocycles. The van der Waals surface area contributed by atoms with E-state index < -0.39 is 0 Å². The van der Waals surface area contributed by atoms with Crippen molar-refractivity contribution < 1.29 is 4.79 Å². The molecule has 16 heavy (non-hydrogen) atoms. The van der Waals surface area contributed by atoms with Crippen LogP contribution in [0.3, 0.4) is 0 Å². The van der Waals surface area contributed by atoms with Gasteiger partial charge in [0, 0.05) is 39.5 Å². The topological polar surface area (TPSA) is 38.1 Å². The summed E-state index contributed by atoms with van der Waals surface area (Å²) in [7, 11) is 1.91. The van der Waals surface area contributed by atoms with E-state index in [2.05, 4.69) is 10.00 Å². The van der Waals surface area contributed by atoms with E-state index in [1.165, 1.54) is 0 Å². The first-order chi connectivity index (χ1) is 7.58. The molecule has 1 aliphatic heterocycles. The second-order valence-corrected chi connectivity index (χ2v) is 4.66. The molecule has 0 unspecified atom stereocenters. The number of piperidine rings is 1. The summed E-state index contributed by atoms with van der Waals surface area (Å²) in [6.07, 6.45) is 1.32. The van der Waals surface area contributed by atoms with E-state index in [0.717, 1.165) is 36.0 Å². The molecule has 0 atom stereocenters. The number of ketones is 1. The minimum atomic E-state index is 0.364. The van der Waals surface area contributed by atoms with E-state index in [1.807, 2.05) is 18.7 Å². The summed E-state index contributed by atoms with van der Waals surface area (Å²) in [5.74, 6) is 0.364. The summed E-state index contributed by atoms with van der Waals surface area (Å²) in [5.41, 5.74) is 1.90. The van der Waals surface area contributed by atoms with Gasteiger partial charge in [0.2, 0.25) is 0 Å². The van der Waals surface area contributed by atoms with Gasteiger partial charge in [-0.3, -0.25) is 14.4 Å². The highest BCUT2D eigenvalue weighted by molar-refractivity contribution is 6.31. The summed E-state index contributed by atoms with van der Waals surface area (Å²) < 4.78 is 1.83. The fourth-order valence-corrected chi connectivity index (χ4v) is 2.24. The summed E-state index contributed by atoms with van der Waals surface area (Å²) in [6, 6.07) is 0. The Hall–Kier alpha value is -0.870. The maximum atomic E-state index is 11.1. The molecule has 4 nitrogen and oxygen atoms in total. The molecule has 1 fully saturated rings. The summed E-state index contributed by atoms with van der Waals surface area (Å²) in [6.45, 7) is 4.35. The van der Waals surface area contributed by atoms with Crippen molar-refractivity contribution in [2.45, 2.75) is 26.3 Å². The SMILES string of the molecule is Cc1nn(C)c(CN2CCC(=O)CC2)c1Cl. The maximum Gasteiger partial charge on any atom is 0.135 e. The van der Waals surface area contributed by atoms with Crippen molar-refractivity contribution in [1.29, 1.82) is 0 Å². The van der Waals surface area contributed by atoms with Crippen LogP contribution in [0.5, 0.6) is 0 Å². The van der Waals surface area contributed by atoms with Gasteiger partial charge in [-0.05, 0) is 6.92 Å². The summed E-state index contributed by atoms with van der Waals surface area (Å²) in [5, 5.41) is 5.03. The van der Waals surface area contributed by atoms with E-state index in [-0.39, 0.29) is 0 Å². The number of aromatic nitrogens is 2. The number of hydrogen-bond acceptors (Lipinski definition) is 3. The van der Waals surface area contributed by atoms with Gasteiger partial charge in [-0.25, -0.2) is 0 Å². The van der Waals surface area contributed by atoms with Crippen LogP contribution in [-0.2, 0) is 18.4 Å². The lowest BCUT2D eigenvalue weighted by atomic mass is 10.1. The Morgan fingerprint density at radius 3 is 2.50 bits per heavy atom. The van der Waals surface area contributed by atoms with E-state index >= 15 is 0 Å². The highest BCUT2D eigenvalue weighted by Crippen LogP contribution is 2.21. The Bertz CT molecular complexity index is 404. The lowest BCUT2D eigenvalue weighted by Crippen LogP contribution is -2.33. The van der Waals surface area contributed by atoms with Crippen molar-refractivity contribution >= 4 is 17.4 Å². The van der Waals surface area contributed by atoms with E-state index in [4.69, 9.17) is 11.6 Å². The highest BCUT2D eigenvalue weighted by Gasteiger charge is 2.19. The summed E-state index contributed by atoms with van der Waals surface area (Å²) in [4.78, 5) is 13.4. The van der Waals surface area contributed by atoms with Crippen LogP contribution in [0.15, 0.2) is 0 Å². The maximum absolute atomic E-state index is 11.1. The minimum Gasteiger partial charge on any atom is -0.300 e. The van der Waals surface area contributed by atoms with Gasteiger partial charge in [0.25, 0.3) is 0 Å². The van der Waals surface area contributed by atoms with Gasteiger partial charge in [-0.2, -0.15) is 5.10 Å². The van der Waals surface area contributed by atoms with Crippen LogP contribution in [0.4, 0.5) is 0 Å². The van der Waals surface area contributed by atoms with Crippen LogP contribution in [0.2, 0.25) is 5.02 Å². The number of likely N-dealkylation sites (tertiary alicyclic amines) is 1. The van der Waals surface area contributed by atoms with E-state index in [0.29, 0.717) is 18.6 Å². The second kappa shape index (κ2) is 4.55. The third kappa shape index (κ3) is 2.28. The second-order valence-electron chi connectivity index (χ2n) is 4.28. The largest absolute Gasteiger partial charge is 0.300 e. The molecule has 0 amide bonds. The molecule has 0 saturated carbocycles. The number of rotatable bonds is 2. The number of halogens is 1. The molecule has 1 aromatic rings. The quantitative estimate of drug-likeness (QED) is 0.789. The minimum absolute atomic E-state index is 0.364. The van der Waals surface area contributed by atoms with Crippen LogP contribution in [-0.4, -0.2) is 33.6 Å². The normalized spacial score (nSPS) is 18.1. The van der Waals surface area contributed by atoms with Crippen molar-refractivity contribution in [2.24, 2.45) is 7.05 Å². The fourth-order valence-electron chi connectivity index (χ4n) is 2.02. The first-order valence-corrected chi connectivity index (χ1v) is 5.87. The smallest absolute Gasteiger partial charge is 0.135 e. The predicted molar refractivity (Wildman–Crippen MR) is 62.5 cm³/mol. The first-order valence-electron chi connectivity index (χ1n) is 5.50. The van der Waals surface area contributed by atoms with Gasteiger partial charge in [0.15, 0.2) is 0 Å². The first kappa shape index (κ1) is 11.6. The van der Waals surface area contributed by atoms with Crippen molar-refractivity contribution in [3.63, 3.8) is 0 Å². The van der Waals surface area contributed by atoms with Crippen LogP contribution in [0, 0.1) is 6.92 Å². The molecule has 1 aliphatic rings. The number of Topliss-reactive ketones (excluding diaryl/α,β-unsaturated/α-hetero) is 1. The third-order valence-electron chi connectivity index (χ3n) is 3.05. The average molecular weight is 242 g/mol. The Kier molecular flexibility index (Phi) is 3.30. The molecular formula is C11H16ClN3O. The van der Waals surface area contributed by atoms with Gasteiger partial charge in [0.05, 0.1) is 16.4 Å². The lowest BCUT2D eigenvalue weighted by Gasteiger charge is -2.25. The van der Waals surface area contributed by atoms with Crippen molar-refractivity contribution in [1.82, 2.24) is 14.7 Å². The standard InChI is InChI=1S/C11H16ClN3O/c1-8-11(12)10(14(2)13-8)7-15-5-3-9(16)4-6-15/h3-7H2,1-2H3. The van der Waals surface area contributed by atoms with Crippen LogP contribution < -0.4 is 0 Å². The number of carbonyl (C=O) groups is 1. The molecular weight excluding hydrogens is 226 g/mol. The number of aryl methyl sites for hydroxylation is 2. The van der Waals surface area contributed by atoms with Crippen LogP contribution in [0.1, 0.15) is 24.2 Å². The Labute approximate surface area is 100 Å². The van der Waals surface area contributed by atoms with E-state index in [1.54, 1.807) is 0 Å². The van der Waals surface area contributed by atoms with Gasteiger partial charge < -0.3 is 0 Å². The number of carbonyl (C=O) groups excluding carboxylic acids is 1. The molecule has 5 heteroatoms. The Morgan fingerprint density at radius 1 is 1.38 bits per heavy atom. The van der Waals surface area contributed by atoms with Crippen molar-refractivity contribution in [2.75, 3.05) is 13.1 Å². The van der Waals surface area contributed by atoms with Crippen molar-refractivity contribution in [3.05, 3.63) is 16.4 Å². The van der Waals surface area contributed by atoms with Crippen molar-refractivity contribution in [3.8, 4) is 0 Å². The number of nitrogens with zero attached hydrogens (tertiary/aromatic N) is 3. The lowest BCUT2D eigenvalue weighted by molar-refractivity contribution is -0.121. The van der Waals surface area contributed by atoms with Gasteiger partial charge >= 0.3 is 0 Å². The predicted octanol–water partition coefficient (Wildman–Crippen LogP) is 1.55. The molecule has 0 spiro atoms. The van der Waals surface area contributed by atoms with Gasteiger partial charge in [-0.1, -0.05) is 11.6 Å². The zero-order valence-electron chi connectivity index (χ0n) is 9.66. The monoisotopic (exact) mass is 241 g/mol. The molecule has 88 valence electrons. The molecule has 1 saturated heterocycles. The molecule has 0 radical (unpaired) electrons. The summed E-state index contributed by atoms with van der Waals surface area (Å²) >= 11 is 6.19. The van der Waals surface area contributed by atoms with Crippen LogP contribution >= 0.6 is 11.6 Å². The molecule has 0 aliphatic carbocycles.